The third-order valence-corrected chi connectivity index (χ3v) is 3.06. The number of aliphatic hydroxyl groups is 2. The third-order valence-electron chi connectivity index (χ3n) is 3.06. The molecule has 0 saturated carbocycles. The van der Waals surface area contributed by atoms with E-state index in [1.807, 2.05) is 9.80 Å². The maximum absolute atomic E-state index is 10.6. The van der Waals surface area contributed by atoms with Crippen LogP contribution in [0.4, 0.5) is 0 Å². The Labute approximate surface area is 124 Å². The molecule has 0 aromatic carbocycles. The summed E-state index contributed by atoms with van der Waals surface area (Å²) in [5.74, 6) is -1.81. The Morgan fingerprint density at radius 3 is 1.38 bits per heavy atom. The average Bonchev–Trinajstić information content (AvgIpc) is 2.41. The van der Waals surface area contributed by atoms with Gasteiger partial charge < -0.3 is 25.3 Å². The van der Waals surface area contributed by atoms with Crippen LogP contribution in [0, 0.1) is 0 Å². The van der Waals surface area contributed by atoms with Gasteiger partial charge in [-0.15, -0.1) is 0 Å². The topological polar surface area (TPSA) is 122 Å². The van der Waals surface area contributed by atoms with Crippen molar-refractivity contribution in [2.24, 2.45) is 0 Å². The molecule has 0 unspecified atom stereocenters. The first-order valence-electron chi connectivity index (χ1n) is 7.09. The van der Waals surface area contributed by atoms with E-state index in [0.717, 1.165) is 6.42 Å². The molecule has 0 spiro atoms. The molecule has 0 aliphatic rings. The Morgan fingerprint density at radius 1 is 0.667 bits per heavy atom. The molecule has 0 aliphatic carbocycles. The van der Waals surface area contributed by atoms with Crippen molar-refractivity contribution < 1.29 is 30.0 Å². The molecule has 8 nitrogen and oxygen atoms in total. The lowest BCUT2D eigenvalue weighted by molar-refractivity contribution is -0.137. The van der Waals surface area contributed by atoms with Crippen molar-refractivity contribution in [3.05, 3.63) is 0 Å². The number of aliphatic carboxylic acids is 2. The largest absolute Gasteiger partial charge is 0.481 e. The van der Waals surface area contributed by atoms with Crippen LogP contribution in [0.1, 0.15) is 19.3 Å². The van der Waals surface area contributed by atoms with E-state index in [-0.39, 0.29) is 26.1 Å². The molecule has 0 fully saturated rings. The molecule has 0 aromatic rings. The molecular formula is C13H26N2O6. The minimum absolute atomic E-state index is 0.0156. The maximum Gasteiger partial charge on any atom is 0.304 e. The van der Waals surface area contributed by atoms with Gasteiger partial charge >= 0.3 is 11.9 Å². The standard InChI is InChI=1S/C13H26N2O6/c16-10-8-15(9-11-17)5-1-4-14(6-2-12(18)19)7-3-13(20)21/h16-17H,1-11H2,(H,18,19)(H,20,21). The summed E-state index contributed by atoms with van der Waals surface area (Å²) in [7, 11) is 0. The molecule has 0 saturated heterocycles. The summed E-state index contributed by atoms with van der Waals surface area (Å²) in [6.45, 7) is 2.88. The van der Waals surface area contributed by atoms with E-state index < -0.39 is 11.9 Å². The van der Waals surface area contributed by atoms with Gasteiger partial charge in [-0.3, -0.25) is 14.5 Å². The number of aliphatic hydroxyl groups excluding tert-OH is 2. The SMILES string of the molecule is O=C(O)CCN(CCCN(CCO)CCO)CCC(=O)O. The van der Waals surface area contributed by atoms with Crippen molar-refractivity contribution in [3.63, 3.8) is 0 Å². The number of rotatable bonds is 14. The van der Waals surface area contributed by atoms with Crippen LogP contribution in [0.25, 0.3) is 0 Å². The molecular weight excluding hydrogens is 280 g/mol. The van der Waals surface area contributed by atoms with E-state index in [4.69, 9.17) is 20.4 Å². The second-order valence-corrected chi connectivity index (χ2v) is 4.77. The molecule has 0 aliphatic heterocycles. The molecule has 124 valence electrons. The predicted molar refractivity (Wildman–Crippen MR) is 76.2 cm³/mol. The van der Waals surface area contributed by atoms with Gasteiger partial charge in [0.2, 0.25) is 0 Å². The van der Waals surface area contributed by atoms with Gasteiger partial charge in [-0.25, -0.2) is 0 Å². The third kappa shape index (κ3) is 12.2. The molecule has 0 atom stereocenters. The van der Waals surface area contributed by atoms with Crippen LogP contribution in [-0.4, -0.2) is 94.6 Å². The predicted octanol–water partition coefficient (Wildman–Crippen LogP) is -1.09. The summed E-state index contributed by atoms with van der Waals surface area (Å²) in [4.78, 5) is 24.9. The number of carboxylic acids is 2. The van der Waals surface area contributed by atoms with Crippen LogP contribution in [-0.2, 0) is 9.59 Å². The van der Waals surface area contributed by atoms with Crippen LogP contribution in [0.2, 0.25) is 0 Å². The Kier molecular flexibility index (Phi) is 11.8. The monoisotopic (exact) mass is 306 g/mol. The van der Waals surface area contributed by atoms with Gasteiger partial charge in [0.25, 0.3) is 0 Å². The summed E-state index contributed by atoms with van der Waals surface area (Å²) in [6.07, 6.45) is 0.687. The highest BCUT2D eigenvalue weighted by Gasteiger charge is 2.10. The minimum Gasteiger partial charge on any atom is -0.481 e. The zero-order chi connectivity index (χ0) is 16.1. The zero-order valence-corrected chi connectivity index (χ0v) is 12.3. The summed E-state index contributed by atoms with van der Waals surface area (Å²) in [5, 5.41) is 35.2. The van der Waals surface area contributed by atoms with E-state index in [2.05, 4.69) is 0 Å². The van der Waals surface area contributed by atoms with Crippen LogP contribution in [0.5, 0.6) is 0 Å². The van der Waals surface area contributed by atoms with Crippen molar-refractivity contribution in [3.8, 4) is 0 Å². The summed E-state index contributed by atoms with van der Waals surface area (Å²) in [5.41, 5.74) is 0. The Balaban J connectivity index is 4.11. The van der Waals surface area contributed by atoms with Gasteiger partial charge in [-0.2, -0.15) is 0 Å². The van der Waals surface area contributed by atoms with Gasteiger partial charge in [-0.05, 0) is 19.5 Å². The highest BCUT2D eigenvalue weighted by atomic mass is 16.4. The number of nitrogens with zero attached hydrogens (tertiary/aromatic N) is 2. The second kappa shape index (κ2) is 12.5. The fourth-order valence-corrected chi connectivity index (χ4v) is 1.98. The maximum atomic E-state index is 10.6. The summed E-state index contributed by atoms with van der Waals surface area (Å²) < 4.78 is 0. The first-order chi connectivity index (χ1) is 9.99. The Morgan fingerprint density at radius 2 is 1.05 bits per heavy atom. The van der Waals surface area contributed by atoms with Crippen LogP contribution in [0.15, 0.2) is 0 Å². The summed E-state index contributed by atoms with van der Waals surface area (Å²) >= 11 is 0. The lowest BCUT2D eigenvalue weighted by Gasteiger charge is -2.24. The molecule has 0 aromatic heterocycles. The fourth-order valence-electron chi connectivity index (χ4n) is 1.98. The van der Waals surface area contributed by atoms with Gasteiger partial charge in [0, 0.05) is 26.2 Å². The molecule has 0 heterocycles. The van der Waals surface area contributed by atoms with Crippen molar-refractivity contribution in [1.82, 2.24) is 9.80 Å². The van der Waals surface area contributed by atoms with E-state index >= 15 is 0 Å². The number of carboxylic acid groups (broad SMARTS) is 2. The van der Waals surface area contributed by atoms with Crippen LogP contribution in [0.3, 0.4) is 0 Å². The lowest BCUT2D eigenvalue weighted by Crippen LogP contribution is -2.35. The lowest BCUT2D eigenvalue weighted by atomic mass is 10.3. The van der Waals surface area contributed by atoms with Crippen molar-refractivity contribution in [2.45, 2.75) is 19.3 Å². The van der Waals surface area contributed by atoms with Gasteiger partial charge in [-0.1, -0.05) is 0 Å². The fraction of sp³-hybridized carbons (Fsp3) is 0.846. The second-order valence-electron chi connectivity index (χ2n) is 4.77. The first kappa shape index (κ1) is 19.8. The molecule has 0 rings (SSSR count). The minimum atomic E-state index is -0.905. The normalized spacial score (nSPS) is 11.2. The molecule has 0 amide bonds. The van der Waals surface area contributed by atoms with Crippen LogP contribution < -0.4 is 0 Å². The molecule has 21 heavy (non-hydrogen) atoms. The molecule has 4 N–H and O–H groups in total. The number of hydrogen-bond donors (Lipinski definition) is 4. The van der Waals surface area contributed by atoms with Crippen LogP contribution >= 0.6 is 0 Å². The molecule has 0 bridgehead atoms. The van der Waals surface area contributed by atoms with Gasteiger partial charge in [0.15, 0.2) is 0 Å². The first-order valence-corrected chi connectivity index (χ1v) is 7.09. The van der Waals surface area contributed by atoms with Gasteiger partial charge in [0.05, 0.1) is 26.1 Å². The highest BCUT2D eigenvalue weighted by molar-refractivity contribution is 5.67. The van der Waals surface area contributed by atoms with Crippen molar-refractivity contribution in [1.29, 1.82) is 0 Å². The highest BCUT2D eigenvalue weighted by Crippen LogP contribution is 1.99. The van der Waals surface area contributed by atoms with Gasteiger partial charge in [0.1, 0.15) is 0 Å². The number of carbonyl (C=O) groups is 2. The number of hydrogen-bond acceptors (Lipinski definition) is 6. The van der Waals surface area contributed by atoms with E-state index in [1.165, 1.54) is 0 Å². The molecule has 0 radical (unpaired) electrons. The summed E-state index contributed by atoms with van der Waals surface area (Å²) in [6, 6.07) is 0. The molecule has 8 heteroatoms. The average molecular weight is 306 g/mol. The van der Waals surface area contributed by atoms with Crippen molar-refractivity contribution >= 4 is 11.9 Å². The van der Waals surface area contributed by atoms with E-state index in [1.54, 1.807) is 0 Å². The van der Waals surface area contributed by atoms with E-state index in [0.29, 0.717) is 39.3 Å². The van der Waals surface area contributed by atoms with E-state index in [9.17, 15) is 9.59 Å². The van der Waals surface area contributed by atoms with Crippen molar-refractivity contribution in [2.75, 3.05) is 52.5 Å². The Hall–Kier alpha value is -1.22. The smallest absolute Gasteiger partial charge is 0.304 e. The quantitative estimate of drug-likeness (QED) is 0.319. The Bertz CT molecular complexity index is 276. The zero-order valence-electron chi connectivity index (χ0n) is 12.3.